The lowest BCUT2D eigenvalue weighted by Gasteiger charge is -2.40. The number of ether oxygens (including phenoxy) is 1. The van der Waals surface area contributed by atoms with E-state index >= 15 is 0 Å². The van der Waals surface area contributed by atoms with Crippen LogP contribution < -0.4 is 0 Å². The Hall–Kier alpha value is -1.96. The van der Waals surface area contributed by atoms with Gasteiger partial charge in [-0.15, -0.1) is 0 Å². The maximum Gasteiger partial charge on any atom is 0.252 e. The van der Waals surface area contributed by atoms with Gasteiger partial charge in [0, 0.05) is 26.7 Å². The first-order valence-corrected chi connectivity index (χ1v) is 8.48. The number of hydrogen-bond donors (Lipinski definition) is 0. The van der Waals surface area contributed by atoms with Crippen molar-refractivity contribution in [1.29, 1.82) is 0 Å². The standard InChI is InChI=1S/C16H25N5O3/c1-11-17-12(2)21(18-11)13-8-20(9-13)15(22)10-19-7-5-4-6-14(24-3)16(19)23/h13-14H,4-10H2,1-3H3. The first-order chi connectivity index (χ1) is 11.5. The van der Waals surface area contributed by atoms with Crippen molar-refractivity contribution in [2.75, 3.05) is 33.3 Å². The van der Waals surface area contributed by atoms with E-state index in [1.54, 1.807) is 16.9 Å². The van der Waals surface area contributed by atoms with E-state index in [2.05, 4.69) is 10.1 Å². The summed E-state index contributed by atoms with van der Waals surface area (Å²) >= 11 is 0. The Morgan fingerprint density at radius 2 is 2.04 bits per heavy atom. The molecule has 0 spiro atoms. The van der Waals surface area contributed by atoms with Crippen LogP contribution in [0.5, 0.6) is 0 Å². The summed E-state index contributed by atoms with van der Waals surface area (Å²) in [5, 5.41) is 4.37. The van der Waals surface area contributed by atoms with Crippen molar-refractivity contribution in [1.82, 2.24) is 24.6 Å². The largest absolute Gasteiger partial charge is 0.372 e. The Morgan fingerprint density at radius 3 is 2.67 bits per heavy atom. The lowest BCUT2D eigenvalue weighted by Crippen LogP contribution is -2.55. The lowest BCUT2D eigenvalue weighted by molar-refractivity contribution is -0.148. The third kappa shape index (κ3) is 3.28. The topological polar surface area (TPSA) is 80.6 Å². The summed E-state index contributed by atoms with van der Waals surface area (Å²) in [6, 6.07) is 0.182. The zero-order valence-corrected chi connectivity index (χ0v) is 14.6. The van der Waals surface area contributed by atoms with Crippen LogP contribution in [-0.4, -0.2) is 75.8 Å². The third-order valence-corrected chi connectivity index (χ3v) is 4.81. The number of aryl methyl sites for hydroxylation is 2. The second-order valence-electron chi connectivity index (χ2n) is 6.58. The Kier molecular flexibility index (Phi) is 4.84. The first kappa shape index (κ1) is 16.9. The van der Waals surface area contributed by atoms with Gasteiger partial charge in [-0.2, -0.15) is 5.10 Å². The number of aromatic nitrogens is 3. The summed E-state index contributed by atoms with van der Waals surface area (Å²) in [7, 11) is 1.55. The predicted octanol–water partition coefficient (Wildman–Crippen LogP) is 0.306. The second-order valence-corrected chi connectivity index (χ2v) is 6.58. The zero-order chi connectivity index (χ0) is 17.3. The van der Waals surface area contributed by atoms with Gasteiger partial charge in [0.2, 0.25) is 5.91 Å². The molecule has 2 saturated heterocycles. The number of methoxy groups -OCH3 is 1. The van der Waals surface area contributed by atoms with Crippen LogP contribution in [0.15, 0.2) is 0 Å². The van der Waals surface area contributed by atoms with Crippen molar-refractivity contribution in [2.24, 2.45) is 0 Å². The molecule has 2 aliphatic heterocycles. The van der Waals surface area contributed by atoms with Crippen molar-refractivity contribution in [3.05, 3.63) is 11.6 Å². The normalized spacial score (nSPS) is 22.5. The minimum atomic E-state index is -0.412. The molecule has 2 amide bonds. The van der Waals surface area contributed by atoms with E-state index in [1.807, 2.05) is 18.5 Å². The molecule has 0 radical (unpaired) electrons. The van der Waals surface area contributed by atoms with Gasteiger partial charge < -0.3 is 14.5 Å². The Balaban J connectivity index is 1.55. The van der Waals surface area contributed by atoms with Crippen molar-refractivity contribution in [3.8, 4) is 0 Å². The van der Waals surface area contributed by atoms with Crippen molar-refractivity contribution in [3.63, 3.8) is 0 Å². The van der Waals surface area contributed by atoms with Gasteiger partial charge in [-0.3, -0.25) is 9.59 Å². The summed E-state index contributed by atoms with van der Waals surface area (Å²) in [5.74, 6) is 1.54. The van der Waals surface area contributed by atoms with Gasteiger partial charge in [0.25, 0.3) is 5.91 Å². The summed E-state index contributed by atoms with van der Waals surface area (Å²) in [4.78, 5) is 32.6. The molecule has 1 unspecified atom stereocenters. The summed E-state index contributed by atoms with van der Waals surface area (Å²) < 4.78 is 7.14. The minimum absolute atomic E-state index is 0.00848. The molecule has 1 atom stereocenters. The fourth-order valence-corrected chi connectivity index (χ4v) is 3.40. The van der Waals surface area contributed by atoms with Gasteiger partial charge in [0.05, 0.1) is 12.6 Å². The SMILES string of the molecule is COC1CCCCN(CC(=O)N2CC(n3nc(C)nc3C)C2)C1=O. The molecule has 2 fully saturated rings. The quantitative estimate of drug-likeness (QED) is 0.791. The van der Waals surface area contributed by atoms with E-state index in [9.17, 15) is 9.59 Å². The zero-order valence-electron chi connectivity index (χ0n) is 14.6. The highest BCUT2D eigenvalue weighted by Gasteiger charge is 2.36. The monoisotopic (exact) mass is 335 g/mol. The molecule has 2 aliphatic rings. The Morgan fingerprint density at radius 1 is 1.29 bits per heavy atom. The van der Waals surface area contributed by atoms with Crippen LogP contribution in [0, 0.1) is 13.8 Å². The highest BCUT2D eigenvalue weighted by atomic mass is 16.5. The molecule has 0 N–H and O–H groups in total. The number of likely N-dealkylation sites (tertiary alicyclic amines) is 2. The van der Waals surface area contributed by atoms with Gasteiger partial charge in [0.1, 0.15) is 17.8 Å². The Labute approximate surface area is 141 Å². The van der Waals surface area contributed by atoms with Crippen LogP contribution in [0.1, 0.15) is 37.0 Å². The smallest absolute Gasteiger partial charge is 0.252 e. The molecule has 0 bridgehead atoms. The average Bonchev–Trinajstić information content (AvgIpc) is 2.71. The van der Waals surface area contributed by atoms with Crippen LogP contribution >= 0.6 is 0 Å². The van der Waals surface area contributed by atoms with E-state index in [0.717, 1.165) is 30.9 Å². The number of hydrogen-bond acceptors (Lipinski definition) is 5. The number of rotatable bonds is 4. The van der Waals surface area contributed by atoms with Crippen LogP contribution in [0.25, 0.3) is 0 Å². The molecule has 132 valence electrons. The van der Waals surface area contributed by atoms with Crippen LogP contribution in [0.4, 0.5) is 0 Å². The molecule has 1 aromatic rings. The van der Waals surface area contributed by atoms with Gasteiger partial charge in [-0.25, -0.2) is 9.67 Å². The van der Waals surface area contributed by atoms with E-state index in [1.165, 1.54) is 0 Å². The molecule has 3 heterocycles. The number of amides is 2. The van der Waals surface area contributed by atoms with Crippen LogP contribution in [0.3, 0.4) is 0 Å². The average molecular weight is 335 g/mol. The molecule has 0 aliphatic carbocycles. The lowest BCUT2D eigenvalue weighted by atomic mass is 10.1. The predicted molar refractivity (Wildman–Crippen MR) is 86.3 cm³/mol. The molecule has 8 heteroatoms. The molecule has 1 aromatic heterocycles. The molecule has 3 rings (SSSR count). The number of carbonyl (C=O) groups is 2. The summed E-state index contributed by atoms with van der Waals surface area (Å²) in [5.41, 5.74) is 0. The molecule has 0 aromatic carbocycles. The van der Waals surface area contributed by atoms with Crippen molar-refractivity contribution in [2.45, 2.75) is 45.3 Å². The molecular weight excluding hydrogens is 310 g/mol. The summed E-state index contributed by atoms with van der Waals surface area (Å²) in [6.45, 7) is 5.80. The maximum atomic E-state index is 12.5. The summed E-state index contributed by atoms with van der Waals surface area (Å²) in [6.07, 6.45) is 2.19. The van der Waals surface area contributed by atoms with Crippen LogP contribution in [0.2, 0.25) is 0 Å². The molecular formula is C16H25N5O3. The molecule has 8 nitrogen and oxygen atoms in total. The van der Waals surface area contributed by atoms with E-state index in [-0.39, 0.29) is 24.4 Å². The molecule has 24 heavy (non-hydrogen) atoms. The highest BCUT2D eigenvalue weighted by Crippen LogP contribution is 2.22. The van der Waals surface area contributed by atoms with Gasteiger partial charge in [0.15, 0.2) is 0 Å². The molecule has 0 saturated carbocycles. The van der Waals surface area contributed by atoms with Gasteiger partial charge in [-0.1, -0.05) is 0 Å². The van der Waals surface area contributed by atoms with E-state index < -0.39 is 6.10 Å². The van der Waals surface area contributed by atoms with E-state index in [4.69, 9.17) is 4.74 Å². The van der Waals surface area contributed by atoms with Gasteiger partial charge >= 0.3 is 0 Å². The maximum absolute atomic E-state index is 12.5. The van der Waals surface area contributed by atoms with Crippen molar-refractivity contribution < 1.29 is 14.3 Å². The number of nitrogens with zero attached hydrogens (tertiary/aromatic N) is 5. The van der Waals surface area contributed by atoms with E-state index in [0.29, 0.717) is 19.6 Å². The Bertz CT molecular complexity index is 623. The fraction of sp³-hybridized carbons (Fsp3) is 0.750. The first-order valence-electron chi connectivity index (χ1n) is 8.48. The minimum Gasteiger partial charge on any atom is -0.372 e. The fourth-order valence-electron chi connectivity index (χ4n) is 3.40. The van der Waals surface area contributed by atoms with Crippen molar-refractivity contribution >= 4 is 11.8 Å². The van der Waals surface area contributed by atoms with Gasteiger partial charge in [-0.05, 0) is 33.1 Å². The van der Waals surface area contributed by atoms with Crippen LogP contribution in [-0.2, 0) is 14.3 Å². The third-order valence-electron chi connectivity index (χ3n) is 4.81. The second kappa shape index (κ2) is 6.88. The highest BCUT2D eigenvalue weighted by molar-refractivity contribution is 5.87. The number of carbonyl (C=O) groups excluding carboxylic acids is 2.